The summed E-state index contributed by atoms with van der Waals surface area (Å²) >= 11 is 0. The standard InChI is InChI=1S/C30H32N2O4/c1-3-5-7-9-17-31-27(33)21-15-11-14-20-23(21)25(29(31)35)19-13-12-16-22-24(19)26(20)30(36)32(28(22)34)18-10-8-6-4-2/h11-16H,3-10,17-18H2,1-2H3. The van der Waals surface area contributed by atoms with Crippen molar-refractivity contribution in [3.8, 4) is 0 Å². The molecule has 6 heteroatoms. The zero-order valence-corrected chi connectivity index (χ0v) is 21.1. The number of pyridine rings is 2. The van der Waals surface area contributed by atoms with Crippen molar-refractivity contribution in [1.29, 1.82) is 0 Å². The normalized spacial score (nSPS) is 12.1. The first-order valence-electron chi connectivity index (χ1n) is 13.2. The Balaban J connectivity index is 1.87. The third-order valence-corrected chi connectivity index (χ3v) is 7.51. The molecule has 0 saturated carbocycles. The van der Waals surface area contributed by atoms with Crippen LogP contribution in [-0.2, 0) is 13.1 Å². The van der Waals surface area contributed by atoms with E-state index in [0.717, 1.165) is 51.4 Å². The highest BCUT2D eigenvalue weighted by molar-refractivity contribution is 6.32. The Labute approximate surface area is 208 Å². The molecule has 0 amide bonds. The van der Waals surface area contributed by atoms with Gasteiger partial charge in [0.25, 0.3) is 22.2 Å². The van der Waals surface area contributed by atoms with Gasteiger partial charge in [0.15, 0.2) is 0 Å². The van der Waals surface area contributed by atoms with Crippen molar-refractivity contribution in [2.45, 2.75) is 78.3 Å². The quantitative estimate of drug-likeness (QED) is 0.151. The first kappa shape index (κ1) is 24.2. The van der Waals surface area contributed by atoms with Crippen LogP contribution >= 0.6 is 0 Å². The van der Waals surface area contributed by atoms with E-state index in [9.17, 15) is 19.2 Å². The molecule has 0 radical (unpaired) electrons. The largest absolute Gasteiger partial charge is 0.274 e. The van der Waals surface area contributed by atoms with Crippen molar-refractivity contribution in [3.05, 3.63) is 77.8 Å². The van der Waals surface area contributed by atoms with Crippen molar-refractivity contribution in [2.75, 3.05) is 0 Å². The minimum absolute atomic E-state index is 0.312. The molecular formula is C30H32N2O4. The van der Waals surface area contributed by atoms with Crippen molar-refractivity contribution in [2.24, 2.45) is 0 Å². The van der Waals surface area contributed by atoms with Crippen LogP contribution in [0.2, 0.25) is 0 Å². The topological polar surface area (TPSA) is 78.1 Å². The summed E-state index contributed by atoms with van der Waals surface area (Å²) < 4.78 is 2.68. The predicted octanol–water partition coefficient (Wildman–Crippen LogP) is 5.38. The van der Waals surface area contributed by atoms with Crippen LogP contribution in [0, 0.1) is 0 Å². The first-order valence-corrected chi connectivity index (χ1v) is 13.2. The van der Waals surface area contributed by atoms with E-state index in [2.05, 4.69) is 13.8 Å². The highest BCUT2D eigenvalue weighted by Crippen LogP contribution is 2.35. The summed E-state index contributed by atoms with van der Waals surface area (Å²) in [7, 11) is 0. The maximum absolute atomic E-state index is 13.8. The summed E-state index contributed by atoms with van der Waals surface area (Å²) in [6.07, 6.45) is 7.64. The summed E-state index contributed by atoms with van der Waals surface area (Å²) in [5, 5.41) is 3.95. The van der Waals surface area contributed by atoms with E-state index in [-0.39, 0.29) is 22.2 Å². The molecule has 2 aromatic heterocycles. The van der Waals surface area contributed by atoms with Gasteiger partial charge in [0.2, 0.25) is 0 Å². The van der Waals surface area contributed by atoms with Gasteiger partial charge >= 0.3 is 0 Å². The van der Waals surface area contributed by atoms with Gasteiger partial charge in [-0.25, -0.2) is 0 Å². The van der Waals surface area contributed by atoms with Crippen molar-refractivity contribution >= 4 is 43.1 Å². The van der Waals surface area contributed by atoms with E-state index in [0.29, 0.717) is 56.2 Å². The number of fused-ring (bicyclic) bond motifs is 2. The number of rotatable bonds is 10. The van der Waals surface area contributed by atoms with E-state index in [1.54, 1.807) is 36.4 Å². The smallest absolute Gasteiger partial charge is 0.262 e. The Morgan fingerprint density at radius 2 is 0.861 bits per heavy atom. The summed E-state index contributed by atoms with van der Waals surface area (Å²) in [4.78, 5) is 54.5. The molecule has 36 heavy (non-hydrogen) atoms. The summed E-state index contributed by atoms with van der Waals surface area (Å²) in [5.74, 6) is 0. The Kier molecular flexibility index (Phi) is 6.61. The summed E-state index contributed by atoms with van der Waals surface area (Å²) in [6.45, 7) is 4.96. The molecule has 0 fully saturated rings. The molecule has 186 valence electrons. The van der Waals surface area contributed by atoms with Gasteiger partial charge in [-0.05, 0) is 35.7 Å². The average Bonchev–Trinajstić information content (AvgIpc) is 2.88. The fourth-order valence-electron chi connectivity index (χ4n) is 5.67. The summed E-state index contributed by atoms with van der Waals surface area (Å²) in [5.41, 5.74) is -1.31. The molecule has 2 heterocycles. The van der Waals surface area contributed by atoms with Crippen LogP contribution in [-0.4, -0.2) is 9.13 Å². The van der Waals surface area contributed by atoms with Crippen molar-refractivity contribution < 1.29 is 0 Å². The van der Waals surface area contributed by atoms with Crippen LogP contribution in [0.1, 0.15) is 65.2 Å². The molecule has 0 saturated heterocycles. The zero-order valence-electron chi connectivity index (χ0n) is 21.1. The molecule has 0 bridgehead atoms. The molecule has 5 aromatic rings. The number of unbranched alkanes of at least 4 members (excludes halogenated alkanes) is 6. The zero-order chi connectivity index (χ0) is 25.4. The van der Waals surface area contributed by atoms with Gasteiger partial charge < -0.3 is 0 Å². The lowest BCUT2D eigenvalue weighted by atomic mass is 9.91. The molecule has 0 N–H and O–H groups in total. The van der Waals surface area contributed by atoms with Gasteiger partial charge in [-0.2, -0.15) is 0 Å². The van der Waals surface area contributed by atoms with Crippen LogP contribution in [0.15, 0.2) is 55.6 Å². The number of hydrogen-bond donors (Lipinski definition) is 0. The van der Waals surface area contributed by atoms with Crippen LogP contribution in [0.3, 0.4) is 0 Å². The Morgan fingerprint density at radius 1 is 0.472 bits per heavy atom. The second-order valence-corrected chi connectivity index (χ2v) is 9.85. The van der Waals surface area contributed by atoms with Gasteiger partial charge in [-0.15, -0.1) is 0 Å². The average molecular weight is 485 g/mol. The minimum Gasteiger partial charge on any atom is -0.274 e. The van der Waals surface area contributed by atoms with Crippen molar-refractivity contribution in [1.82, 2.24) is 9.13 Å². The van der Waals surface area contributed by atoms with Crippen molar-refractivity contribution in [3.63, 3.8) is 0 Å². The van der Waals surface area contributed by atoms with Gasteiger partial charge in [0, 0.05) is 34.6 Å². The number of aromatic nitrogens is 2. The SMILES string of the molecule is CCCCCCn1c(=O)c2cccc3c4c(=O)n(CCCCCC)c(=O)c5cccc(c(c1=O)c23)c54. The molecule has 0 spiro atoms. The molecule has 0 unspecified atom stereocenters. The second kappa shape index (κ2) is 9.84. The van der Waals surface area contributed by atoms with Gasteiger partial charge in [-0.3, -0.25) is 28.3 Å². The van der Waals surface area contributed by atoms with E-state index >= 15 is 0 Å². The molecule has 0 aliphatic rings. The molecule has 3 aromatic carbocycles. The van der Waals surface area contributed by atoms with Gasteiger partial charge in [0.05, 0.1) is 10.8 Å². The maximum Gasteiger partial charge on any atom is 0.262 e. The Morgan fingerprint density at radius 3 is 1.25 bits per heavy atom. The predicted molar refractivity (Wildman–Crippen MR) is 148 cm³/mol. The number of hydrogen-bond acceptors (Lipinski definition) is 4. The Hall–Kier alpha value is -3.54. The highest BCUT2D eigenvalue weighted by Gasteiger charge is 2.23. The Bertz CT molecular complexity index is 1670. The molecule has 0 aliphatic carbocycles. The van der Waals surface area contributed by atoms with Gasteiger partial charge in [-0.1, -0.05) is 76.6 Å². The van der Waals surface area contributed by atoms with E-state index in [4.69, 9.17) is 0 Å². The number of nitrogens with zero attached hydrogens (tertiary/aromatic N) is 2. The van der Waals surface area contributed by atoms with E-state index in [1.165, 1.54) is 9.13 Å². The van der Waals surface area contributed by atoms with Crippen LogP contribution in [0.5, 0.6) is 0 Å². The molecule has 0 aliphatic heterocycles. The van der Waals surface area contributed by atoms with Crippen LogP contribution in [0.25, 0.3) is 43.1 Å². The molecular weight excluding hydrogens is 452 g/mol. The lowest BCUT2D eigenvalue weighted by molar-refractivity contribution is 0.564. The summed E-state index contributed by atoms with van der Waals surface area (Å²) in [6, 6.07) is 10.6. The van der Waals surface area contributed by atoms with E-state index in [1.807, 2.05) is 0 Å². The minimum atomic E-state index is -0.342. The third-order valence-electron chi connectivity index (χ3n) is 7.51. The lowest BCUT2D eigenvalue weighted by Gasteiger charge is -2.16. The first-order chi connectivity index (χ1) is 17.5. The molecule has 6 nitrogen and oxygen atoms in total. The number of benzene rings is 3. The van der Waals surface area contributed by atoms with Gasteiger partial charge in [0.1, 0.15) is 0 Å². The fourth-order valence-corrected chi connectivity index (χ4v) is 5.67. The third kappa shape index (κ3) is 3.71. The molecule has 5 rings (SSSR count). The monoisotopic (exact) mass is 484 g/mol. The maximum atomic E-state index is 13.8. The van der Waals surface area contributed by atoms with Crippen LogP contribution in [0.4, 0.5) is 0 Å². The van der Waals surface area contributed by atoms with E-state index < -0.39 is 0 Å². The molecule has 0 atom stereocenters. The fraction of sp³-hybridized carbons (Fsp3) is 0.400. The lowest BCUT2D eigenvalue weighted by Crippen LogP contribution is -2.35. The second-order valence-electron chi connectivity index (χ2n) is 9.85. The highest BCUT2D eigenvalue weighted by atomic mass is 16.2. The van der Waals surface area contributed by atoms with Crippen LogP contribution < -0.4 is 22.2 Å².